The summed E-state index contributed by atoms with van der Waals surface area (Å²) in [4.78, 5) is 11.1. The molecule has 0 aliphatic carbocycles. The second kappa shape index (κ2) is 4.35. The van der Waals surface area contributed by atoms with Crippen LogP contribution >= 0.6 is 27.3 Å². The van der Waals surface area contributed by atoms with Crippen molar-refractivity contribution in [1.29, 1.82) is 0 Å². The van der Waals surface area contributed by atoms with Crippen molar-refractivity contribution >= 4 is 39.2 Å². The van der Waals surface area contributed by atoms with Gasteiger partial charge in [0.15, 0.2) is 6.29 Å². The molecular formula is C11H7BrFNOS. The minimum absolute atomic E-state index is 0.321. The highest BCUT2D eigenvalue weighted by Gasteiger charge is 2.11. The summed E-state index contributed by atoms with van der Waals surface area (Å²) in [6.45, 7) is 0. The third-order valence-electron chi connectivity index (χ3n) is 2.10. The molecule has 5 heteroatoms. The summed E-state index contributed by atoms with van der Waals surface area (Å²) in [7, 11) is 0. The van der Waals surface area contributed by atoms with Gasteiger partial charge in [-0.15, -0.1) is 11.3 Å². The zero-order chi connectivity index (χ0) is 11.7. The Morgan fingerprint density at radius 3 is 2.75 bits per heavy atom. The number of anilines is 1. The monoisotopic (exact) mass is 299 g/mol. The lowest BCUT2D eigenvalue weighted by atomic mass is 10.1. The number of nitrogen functional groups attached to an aromatic ring is 1. The van der Waals surface area contributed by atoms with Gasteiger partial charge in [0.2, 0.25) is 0 Å². The van der Waals surface area contributed by atoms with E-state index in [1.807, 2.05) is 0 Å². The van der Waals surface area contributed by atoms with Crippen molar-refractivity contribution in [1.82, 2.24) is 0 Å². The minimum atomic E-state index is -0.371. The molecule has 0 unspecified atom stereocenters. The van der Waals surface area contributed by atoms with Crippen molar-refractivity contribution in [3.8, 4) is 11.1 Å². The average molecular weight is 300 g/mol. The maximum absolute atomic E-state index is 13.8. The van der Waals surface area contributed by atoms with Crippen molar-refractivity contribution in [3.05, 3.63) is 38.7 Å². The van der Waals surface area contributed by atoms with Crippen LogP contribution in [0.1, 0.15) is 9.67 Å². The summed E-state index contributed by atoms with van der Waals surface area (Å²) in [6, 6.07) is 4.70. The second-order valence-electron chi connectivity index (χ2n) is 3.22. The molecule has 0 bridgehead atoms. The fourth-order valence-corrected chi connectivity index (χ4v) is 2.56. The number of carbonyl (C=O) groups is 1. The van der Waals surface area contributed by atoms with Gasteiger partial charge < -0.3 is 5.73 Å². The largest absolute Gasteiger partial charge is 0.399 e. The van der Waals surface area contributed by atoms with Gasteiger partial charge in [-0.3, -0.25) is 4.79 Å². The second-order valence-corrected chi connectivity index (χ2v) is 5.02. The molecule has 16 heavy (non-hydrogen) atoms. The number of rotatable bonds is 2. The molecular weight excluding hydrogens is 293 g/mol. The highest BCUT2D eigenvalue weighted by Crippen LogP contribution is 2.32. The molecule has 1 aromatic heterocycles. The smallest absolute Gasteiger partial charge is 0.160 e. The number of hydrogen-bond donors (Lipinski definition) is 1. The van der Waals surface area contributed by atoms with E-state index in [9.17, 15) is 9.18 Å². The first-order valence-corrected chi connectivity index (χ1v) is 6.07. The Balaban J connectivity index is 2.58. The molecule has 0 spiro atoms. The molecule has 2 rings (SSSR count). The van der Waals surface area contributed by atoms with Gasteiger partial charge >= 0.3 is 0 Å². The Kier molecular flexibility index (Phi) is 3.07. The zero-order valence-corrected chi connectivity index (χ0v) is 10.4. The normalized spacial score (nSPS) is 10.4. The van der Waals surface area contributed by atoms with E-state index in [4.69, 9.17) is 5.73 Å². The van der Waals surface area contributed by atoms with E-state index in [1.165, 1.54) is 17.4 Å². The fraction of sp³-hybridized carbons (Fsp3) is 0. The van der Waals surface area contributed by atoms with Crippen LogP contribution in [0.2, 0.25) is 0 Å². The SMILES string of the molecule is Nc1cc(Br)c(F)c(-c2csc(C=O)c2)c1. The van der Waals surface area contributed by atoms with Gasteiger partial charge in [-0.05, 0) is 45.1 Å². The van der Waals surface area contributed by atoms with E-state index in [0.717, 1.165) is 6.29 Å². The quantitative estimate of drug-likeness (QED) is 0.678. The molecule has 0 fully saturated rings. The Morgan fingerprint density at radius 1 is 1.38 bits per heavy atom. The fourth-order valence-electron chi connectivity index (χ4n) is 1.38. The van der Waals surface area contributed by atoms with Gasteiger partial charge in [-0.2, -0.15) is 0 Å². The number of nitrogens with two attached hydrogens (primary N) is 1. The summed E-state index contributed by atoms with van der Waals surface area (Å²) >= 11 is 4.37. The summed E-state index contributed by atoms with van der Waals surface area (Å²) in [5.74, 6) is -0.371. The Morgan fingerprint density at radius 2 is 2.12 bits per heavy atom. The van der Waals surface area contributed by atoms with Crippen LogP contribution in [0.4, 0.5) is 10.1 Å². The highest BCUT2D eigenvalue weighted by molar-refractivity contribution is 9.10. The first-order chi connectivity index (χ1) is 7.61. The van der Waals surface area contributed by atoms with E-state index in [2.05, 4.69) is 15.9 Å². The van der Waals surface area contributed by atoms with Crippen LogP contribution in [0.3, 0.4) is 0 Å². The third-order valence-corrected chi connectivity index (χ3v) is 3.53. The topological polar surface area (TPSA) is 43.1 Å². The number of benzene rings is 1. The summed E-state index contributed by atoms with van der Waals surface area (Å²) < 4.78 is 14.1. The van der Waals surface area contributed by atoms with Crippen LogP contribution in [-0.2, 0) is 0 Å². The predicted molar refractivity (Wildman–Crippen MR) is 67.2 cm³/mol. The molecule has 0 atom stereocenters. The lowest BCUT2D eigenvalue weighted by Gasteiger charge is -2.04. The van der Waals surface area contributed by atoms with Gasteiger partial charge in [0, 0.05) is 11.3 Å². The Hall–Kier alpha value is -1.20. The van der Waals surface area contributed by atoms with Crippen LogP contribution < -0.4 is 5.73 Å². The van der Waals surface area contributed by atoms with Crippen LogP contribution in [0.15, 0.2) is 28.1 Å². The Labute approximate surface area is 104 Å². The predicted octanol–water partition coefficient (Wildman–Crippen LogP) is 3.71. The van der Waals surface area contributed by atoms with E-state index < -0.39 is 0 Å². The molecule has 0 saturated heterocycles. The molecule has 0 amide bonds. The third kappa shape index (κ3) is 2.01. The maximum Gasteiger partial charge on any atom is 0.160 e. The van der Waals surface area contributed by atoms with Crippen LogP contribution in [-0.4, -0.2) is 6.29 Å². The molecule has 2 aromatic rings. The standard InChI is InChI=1S/C11H7BrFNOS/c12-10-3-7(14)2-9(11(10)13)6-1-8(4-15)16-5-6/h1-5H,14H2. The van der Waals surface area contributed by atoms with Crippen molar-refractivity contribution in [2.45, 2.75) is 0 Å². The van der Waals surface area contributed by atoms with Gasteiger partial charge in [0.25, 0.3) is 0 Å². The minimum Gasteiger partial charge on any atom is -0.399 e. The van der Waals surface area contributed by atoms with Crippen molar-refractivity contribution < 1.29 is 9.18 Å². The molecule has 0 aliphatic heterocycles. The average Bonchev–Trinajstić information content (AvgIpc) is 2.71. The molecule has 0 saturated carbocycles. The van der Waals surface area contributed by atoms with Crippen molar-refractivity contribution in [2.24, 2.45) is 0 Å². The summed E-state index contributed by atoms with van der Waals surface area (Å²) in [6.07, 6.45) is 0.743. The van der Waals surface area contributed by atoms with Crippen LogP contribution in [0.25, 0.3) is 11.1 Å². The molecule has 1 heterocycles. The van der Waals surface area contributed by atoms with Gasteiger partial charge in [-0.25, -0.2) is 4.39 Å². The molecule has 82 valence electrons. The van der Waals surface area contributed by atoms with Gasteiger partial charge in [-0.1, -0.05) is 0 Å². The lowest BCUT2D eigenvalue weighted by molar-refractivity contribution is 0.112. The van der Waals surface area contributed by atoms with Crippen molar-refractivity contribution in [2.75, 3.05) is 5.73 Å². The summed E-state index contributed by atoms with van der Waals surface area (Å²) in [5, 5.41) is 1.73. The molecule has 2 nitrogen and oxygen atoms in total. The zero-order valence-electron chi connectivity index (χ0n) is 8.04. The number of hydrogen-bond acceptors (Lipinski definition) is 3. The van der Waals surface area contributed by atoms with E-state index in [0.29, 0.717) is 26.2 Å². The van der Waals surface area contributed by atoms with Crippen LogP contribution in [0, 0.1) is 5.82 Å². The first-order valence-electron chi connectivity index (χ1n) is 4.40. The molecule has 1 aromatic carbocycles. The molecule has 0 radical (unpaired) electrons. The number of halogens is 2. The van der Waals surface area contributed by atoms with Crippen LogP contribution in [0.5, 0.6) is 0 Å². The molecule has 0 aliphatic rings. The van der Waals surface area contributed by atoms with E-state index >= 15 is 0 Å². The Bertz CT molecular complexity index is 553. The first kappa shape index (κ1) is 11.3. The van der Waals surface area contributed by atoms with Crippen molar-refractivity contribution in [3.63, 3.8) is 0 Å². The number of carbonyl (C=O) groups excluding carboxylic acids is 1. The lowest BCUT2D eigenvalue weighted by Crippen LogP contribution is -1.90. The number of aldehydes is 1. The van der Waals surface area contributed by atoms with E-state index in [-0.39, 0.29) is 5.82 Å². The van der Waals surface area contributed by atoms with E-state index in [1.54, 1.807) is 17.5 Å². The van der Waals surface area contributed by atoms with Gasteiger partial charge in [0.1, 0.15) is 5.82 Å². The maximum atomic E-state index is 13.8. The van der Waals surface area contributed by atoms with Gasteiger partial charge in [0.05, 0.1) is 9.35 Å². The summed E-state index contributed by atoms with van der Waals surface area (Å²) in [5.41, 5.74) is 7.18. The highest BCUT2D eigenvalue weighted by atomic mass is 79.9. The molecule has 2 N–H and O–H groups in total. The number of thiophene rings is 1.